The normalized spacial score (nSPS) is 11.7. The summed E-state index contributed by atoms with van der Waals surface area (Å²) in [5.74, 6) is 0. The van der Waals surface area contributed by atoms with E-state index in [1.54, 1.807) is 0 Å². The maximum atomic E-state index is 9.91. The Labute approximate surface area is 69.3 Å². The Morgan fingerprint density at radius 1 is 1.14 bits per heavy atom. The summed E-state index contributed by atoms with van der Waals surface area (Å²) < 4.78 is 27.4. The van der Waals surface area contributed by atoms with E-state index >= 15 is 0 Å². The fourth-order valence-electron chi connectivity index (χ4n) is 0.00972. The van der Waals surface area contributed by atoms with E-state index in [2.05, 4.69) is 5.03 Å². The molecule has 0 aromatic carbocycles. The van der Waals surface area contributed by atoms with Crippen LogP contribution in [0.4, 0.5) is 0 Å². The van der Waals surface area contributed by atoms with Crippen molar-refractivity contribution in [1.82, 2.24) is 0 Å². The van der Waals surface area contributed by atoms with Crippen LogP contribution in [0.2, 0.25) is 0 Å². The summed E-state index contributed by atoms with van der Waals surface area (Å²) in [6, 6.07) is 0. The summed E-state index contributed by atoms with van der Waals surface area (Å²) in [6.45, 7) is 0. The molecule has 0 aliphatic carbocycles. The Hall–Kier alpha value is 1.33. The fourth-order valence-corrected chi connectivity index (χ4v) is 1.31. The van der Waals surface area contributed by atoms with Gasteiger partial charge in [-0.3, -0.25) is 0 Å². The molecule has 0 fully saturated rings. The largest absolute Gasteiger partial charge is 0.418 e. The van der Waals surface area contributed by atoms with Gasteiger partial charge in [0.2, 0.25) is 0 Å². The third-order valence-electron chi connectivity index (χ3n) is 0.154. The van der Waals surface area contributed by atoms with Gasteiger partial charge in [0, 0.05) is 0 Å². The molecule has 0 amide bonds. The molecule has 0 rings (SSSR count). The summed E-state index contributed by atoms with van der Waals surface area (Å²) in [5, 5.41) is 0. The molecule has 4 nitrogen and oxygen atoms in total. The molecule has 0 radical (unpaired) electrons. The zero-order valence-corrected chi connectivity index (χ0v) is 7.93. The van der Waals surface area contributed by atoms with Crippen molar-refractivity contribution >= 4 is 56.4 Å². The van der Waals surface area contributed by atoms with Gasteiger partial charge < -0.3 is 0 Å². The average molecular weight is 350 g/mol. The van der Waals surface area contributed by atoms with E-state index in [9.17, 15) is 8.42 Å². The lowest BCUT2D eigenvalue weighted by Crippen LogP contribution is -1.94. The molecule has 7 heavy (non-hydrogen) atoms. The van der Waals surface area contributed by atoms with Gasteiger partial charge in [-0.2, -0.15) is 13.4 Å². The van der Waals surface area contributed by atoms with Crippen LogP contribution in [-0.2, 0) is 15.4 Å². The molecular weight excluding hydrogens is 350 g/mol. The predicted octanol–water partition coefficient (Wildman–Crippen LogP) is 0.964. The lowest BCUT2D eigenvalue weighted by Gasteiger charge is -1.86. The molecule has 0 atom stereocenters. The number of hydrogen-bond acceptors (Lipinski definition) is 4. The van der Waals surface area contributed by atoms with Gasteiger partial charge in [-0.1, -0.05) is 0 Å². The van der Waals surface area contributed by atoms with Gasteiger partial charge in [-0.25, -0.2) is 0 Å². The first-order chi connectivity index (χ1) is 3.12. The highest BCUT2D eigenvalue weighted by molar-refractivity contribution is 14.1. The van der Waals surface area contributed by atoms with E-state index in [0.29, 0.717) is 0 Å². The van der Waals surface area contributed by atoms with E-state index in [1.807, 2.05) is 0 Å². The van der Waals surface area contributed by atoms with E-state index in [1.165, 1.54) is 46.0 Å². The first-order valence-electron chi connectivity index (χ1n) is 0.975. The van der Waals surface area contributed by atoms with Crippen molar-refractivity contribution in [2.75, 3.05) is 0 Å². The first kappa shape index (κ1) is 8.33. The lowest BCUT2D eigenvalue weighted by molar-refractivity contribution is 0.470. The third-order valence-corrected chi connectivity index (χ3v) is 3.11. The van der Waals surface area contributed by atoms with Crippen LogP contribution >= 0.6 is 46.0 Å². The molecular formula is I2O4S. The average Bonchev–Trinajstić information content (AvgIpc) is 1.68. The topological polar surface area (TPSA) is 52.6 Å². The summed E-state index contributed by atoms with van der Waals surface area (Å²) >= 11 is 2.42. The molecule has 0 aromatic rings. The Morgan fingerprint density at radius 3 is 1.43 bits per heavy atom. The Morgan fingerprint density at radius 2 is 1.43 bits per heavy atom. The van der Waals surface area contributed by atoms with Crippen LogP contribution in [0.5, 0.6) is 0 Å². The minimum atomic E-state index is -3.68. The molecule has 0 bridgehead atoms. The van der Waals surface area contributed by atoms with E-state index in [4.69, 9.17) is 0 Å². The number of halogens is 2. The number of hydrogen-bond donors (Lipinski definition) is 0. The highest BCUT2D eigenvalue weighted by atomic mass is 127. The maximum Gasteiger partial charge on any atom is 0.418 e. The molecule has 0 aliphatic rings. The van der Waals surface area contributed by atoms with Crippen LogP contribution in [0.25, 0.3) is 0 Å². The van der Waals surface area contributed by atoms with Gasteiger partial charge in [0.1, 0.15) is 46.0 Å². The Bertz CT molecular complexity index is 113. The van der Waals surface area contributed by atoms with Crippen LogP contribution in [0, 0.1) is 0 Å². The summed E-state index contributed by atoms with van der Waals surface area (Å²) in [4.78, 5) is 0. The second-order valence-electron chi connectivity index (χ2n) is 0.534. The van der Waals surface area contributed by atoms with Crippen molar-refractivity contribution in [2.45, 2.75) is 0 Å². The monoisotopic (exact) mass is 350 g/mol. The standard InChI is InChI=1S/I2O4S/c1-5-7(3,4)6-2. The molecule has 0 saturated heterocycles. The van der Waals surface area contributed by atoms with Crippen molar-refractivity contribution in [3.05, 3.63) is 0 Å². The molecule has 0 N–H and O–H groups in total. The van der Waals surface area contributed by atoms with Crippen molar-refractivity contribution in [2.24, 2.45) is 0 Å². The van der Waals surface area contributed by atoms with Gasteiger partial charge in [0.05, 0.1) is 0 Å². The number of rotatable bonds is 2. The highest BCUT2D eigenvalue weighted by Crippen LogP contribution is 2.04. The van der Waals surface area contributed by atoms with Crippen molar-refractivity contribution in [3.8, 4) is 0 Å². The van der Waals surface area contributed by atoms with Crippen molar-refractivity contribution < 1.29 is 13.4 Å². The summed E-state index contributed by atoms with van der Waals surface area (Å²) in [7, 11) is -3.68. The van der Waals surface area contributed by atoms with Gasteiger partial charge in [-0.15, -0.1) is 0 Å². The van der Waals surface area contributed by atoms with Crippen molar-refractivity contribution in [3.63, 3.8) is 0 Å². The van der Waals surface area contributed by atoms with Gasteiger partial charge >= 0.3 is 10.4 Å². The van der Waals surface area contributed by atoms with Crippen LogP contribution in [0.3, 0.4) is 0 Å². The second kappa shape index (κ2) is 3.37. The van der Waals surface area contributed by atoms with Crippen molar-refractivity contribution in [1.29, 1.82) is 0 Å². The minimum absolute atomic E-state index is 1.21. The van der Waals surface area contributed by atoms with Crippen LogP contribution in [0.1, 0.15) is 0 Å². The van der Waals surface area contributed by atoms with Crippen LogP contribution < -0.4 is 0 Å². The summed E-state index contributed by atoms with van der Waals surface area (Å²) in [6.07, 6.45) is 0. The molecule has 0 heterocycles. The molecule has 0 aromatic heterocycles. The second-order valence-corrected chi connectivity index (χ2v) is 3.76. The molecule has 0 aliphatic heterocycles. The lowest BCUT2D eigenvalue weighted by atomic mass is 15.8. The van der Waals surface area contributed by atoms with E-state index in [0.717, 1.165) is 0 Å². The first-order valence-corrected chi connectivity index (χ1v) is 4.07. The quantitative estimate of drug-likeness (QED) is 0.697. The Balaban J connectivity index is 3.89. The predicted molar refractivity (Wildman–Crippen MR) is 39.1 cm³/mol. The Kier molecular flexibility index (Phi) is 4.02. The zero-order chi connectivity index (χ0) is 5.91. The molecule has 7 heteroatoms. The smallest absolute Gasteiger partial charge is 0.177 e. The van der Waals surface area contributed by atoms with E-state index in [-0.39, 0.29) is 0 Å². The third kappa shape index (κ3) is 3.88. The van der Waals surface area contributed by atoms with E-state index < -0.39 is 10.4 Å². The van der Waals surface area contributed by atoms with Gasteiger partial charge in [0.25, 0.3) is 0 Å². The fraction of sp³-hybridized carbons (Fsp3) is 0. The summed E-state index contributed by atoms with van der Waals surface area (Å²) in [5.41, 5.74) is 0. The van der Waals surface area contributed by atoms with Crippen LogP contribution in [0.15, 0.2) is 0 Å². The SMILES string of the molecule is O=S(=O)(OI)OI. The molecule has 0 saturated carbocycles. The molecule has 0 unspecified atom stereocenters. The van der Waals surface area contributed by atoms with Crippen LogP contribution in [-0.4, -0.2) is 8.42 Å². The van der Waals surface area contributed by atoms with Gasteiger partial charge in [0.15, 0.2) is 0 Å². The maximum absolute atomic E-state index is 9.91. The highest BCUT2D eigenvalue weighted by Gasteiger charge is 2.05. The molecule has 0 spiro atoms. The minimum Gasteiger partial charge on any atom is -0.177 e. The zero-order valence-electron chi connectivity index (χ0n) is 2.80. The molecule has 44 valence electrons. The van der Waals surface area contributed by atoms with Gasteiger partial charge in [-0.05, 0) is 0 Å².